The molecule has 0 atom stereocenters. The van der Waals surface area contributed by atoms with Crippen molar-refractivity contribution in [1.82, 2.24) is 9.80 Å². The van der Waals surface area contributed by atoms with Crippen LogP contribution in [-0.2, 0) is 0 Å². The maximum absolute atomic E-state index is 2.70. The lowest BCUT2D eigenvalue weighted by atomic mass is 10.0. The Hall–Kier alpha value is -0.150. The highest BCUT2D eigenvalue weighted by molar-refractivity contribution is 4.81. The summed E-state index contributed by atoms with van der Waals surface area (Å²) in [6.45, 7) is 5.35. The summed E-state index contributed by atoms with van der Waals surface area (Å²) in [5.41, 5.74) is 0. The minimum absolute atomic E-state index is 0. The molecule has 2 aliphatic heterocycles. The van der Waals surface area contributed by atoms with Gasteiger partial charge in [-0.1, -0.05) is 0 Å². The molecule has 2 saturated heterocycles. The highest BCUT2D eigenvalue weighted by Crippen LogP contribution is 2.19. The minimum Gasteiger partial charge on any atom is -0.306 e. The van der Waals surface area contributed by atoms with Crippen molar-refractivity contribution in [1.29, 1.82) is 0 Å². The predicted octanol–water partition coefficient (Wildman–Crippen LogP) is 1.33. The summed E-state index contributed by atoms with van der Waals surface area (Å²) < 4.78 is 0. The number of nitrogens with zero attached hydrogens (tertiary/aromatic N) is 2. The van der Waals surface area contributed by atoms with Gasteiger partial charge in [-0.3, -0.25) is 4.70 Å². The van der Waals surface area contributed by atoms with Crippen molar-refractivity contribution in [3.63, 3.8) is 0 Å². The van der Waals surface area contributed by atoms with Gasteiger partial charge in [-0.05, 0) is 58.9 Å². The molecule has 13 heavy (non-hydrogen) atoms. The fourth-order valence-corrected chi connectivity index (χ4v) is 2.47. The van der Waals surface area contributed by atoms with Crippen LogP contribution in [0.4, 0.5) is 4.70 Å². The molecule has 2 nitrogen and oxygen atoms in total. The Morgan fingerprint density at radius 2 is 1.46 bits per heavy atom. The van der Waals surface area contributed by atoms with E-state index in [4.69, 9.17) is 0 Å². The Morgan fingerprint density at radius 1 is 0.923 bits per heavy atom. The van der Waals surface area contributed by atoms with Crippen LogP contribution in [-0.4, -0.2) is 49.1 Å². The van der Waals surface area contributed by atoms with Crippen LogP contribution in [0.5, 0.6) is 0 Å². The monoisotopic (exact) mass is 188 g/mol. The summed E-state index contributed by atoms with van der Waals surface area (Å²) in [6.07, 6.45) is 5.67. The number of hydrogen-bond acceptors (Lipinski definition) is 2. The van der Waals surface area contributed by atoms with Gasteiger partial charge in [-0.2, -0.15) is 0 Å². The van der Waals surface area contributed by atoms with Gasteiger partial charge in [-0.15, -0.1) is 0 Å². The molecule has 78 valence electrons. The standard InChI is InChI=1S/C10H20N2.FH/c1-11-8-4-10(5-9-11)12-6-2-3-7-12;/h10H,2-9H2,1H3;1H. The molecular weight excluding hydrogens is 167 g/mol. The van der Waals surface area contributed by atoms with Gasteiger partial charge in [0.25, 0.3) is 0 Å². The first kappa shape index (κ1) is 10.9. The number of hydrogen-bond donors (Lipinski definition) is 0. The van der Waals surface area contributed by atoms with Crippen molar-refractivity contribution in [2.24, 2.45) is 0 Å². The maximum atomic E-state index is 2.70. The normalized spacial score (nSPS) is 27.5. The first-order chi connectivity index (χ1) is 5.86. The van der Waals surface area contributed by atoms with E-state index in [1.165, 1.54) is 51.9 Å². The zero-order valence-corrected chi connectivity index (χ0v) is 8.54. The van der Waals surface area contributed by atoms with E-state index in [9.17, 15) is 0 Å². The van der Waals surface area contributed by atoms with E-state index >= 15 is 0 Å². The molecule has 0 aliphatic carbocycles. The van der Waals surface area contributed by atoms with Crippen molar-refractivity contribution >= 4 is 0 Å². The van der Waals surface area contributed by atoms with Crippen LogP contribution in [0, 0.1) is 0 Å². The Balaban J connectivity index is 0.000000845. The summed E-state index contributed by atoms with van der Waals surface area (Å²) in [7, 11) is 2.24. The number of rotatable bonds is 1. The molecule has 0 N–H and O–H groups in total. The molecule has 0 aromatic rings. The van der Waals surface area contributed by atoms with Gasteiger partial charge in [0, 0.05) is 6.04 Å². The van der Waals surface area contributed by atoms with Gasteiger partial charge in [0.05, 0.1) is 0 Å². The van der Waals surface area contributed by atoms with Gasteiger partial charge >= 0.3 is 0 Å². The van der Waals surface area contributed by atoms with E-state index in [0.717, 1.165) is 6.04 Å². The van der Waals surface area contributed by atoms with E-state index in [-0.39, 0.29) is 4.70 Å². The summed E-state index contributed by atoms with van der Waals surface area (Å²) in [6, 6.07) is 0.920. The molecule has 0 saturated carbocycles. The number of likely N-dealkylation sites (tertiary alicyclic amines) is 2. The average molecular weight is 188 g/mol. The van der Waals surface area contributed by atoms with Crippen molar-refractivity contribution in [3.05, 3.63) is 0 Å². The van der Waals surface area contributed by atoms with Crippen LogP contribution in [0.3, 0.4) is 0 Å². The van der Waals surface area contributed by atoms with Crippen molar-refractivity contribution < 1.29 is 4.70 Å². The van der Waals surface area contributed by atoms with E-state index in [1.54, 1.807) is 0 Å². The molecule has 0 amide bonds. The SMILES string of the molecule is CN1CCC(N2CCCC2)CC1.F. The zero-order valence-electron chi connectivity index (χ0n) is 8.54. The van der Waals surface area contributed by atoms with E-state index in [2.05, 4.69) is 16.8 Å². The molecule has 3 heteroatoms. The lowest BCUT2D eigenvalue weighted by Crippen LogP contribution is -2.42. The molecule has 2 fully saturated rings. The highest BCUT2D eigenvalue weighted by Gasteiger charge is 2.24. The van der Waals surface area contributed by atoms with Gasteiger partial charge in [0.15, 0.2) is 0 Å². The van der Waals surface area contributed by atoms with E-state index in [0.29, 0.717) is 0 Å². The van der Waals surface area contributed by atoms with Gasteiger partial charge in [0.2, 0.25) is 0 Å². The second kappa shape index (κ2) is 4.91. The molecule has 0 bridgehead atoms. The Bertz CT molecular complexity index is 138. The smallest absolute Gasteiger partial charge is 0.0120 e. The van der Waals surface area contributed by atoms with Crippen LogP contribution >= 0.6 is 0 Å². The quantitative estimate of drug-likeness (QED) is 0.612. The molecular formula is C10H21FN2. The molecule has 2 heterocycles. The van der Waals surface area contributed by atoms with E-state index in [1.807, 2.05) is 0 Å². The summed E-state index contributed by atoms with van der Waals surface area (Å²) >= 11 is 0. The van der Waals surface area contributed by atoms with Gasteiger partial charge in [-0.25, -0.2) is 0 Å². The predicted molar refractivity (Wildman–Crippen MR) is 53.8 cm³/mol. The first-order valence-electron chi connectivity index (χ1n) is 5.29. The maximum Gasteiger partial charge on any atom is 0.0120 e. The third kappa shape index (κ3) is 2.64. The minimum atomic E-state index is 0. The number of halogens is 1. The Kier molecular flexibility index (Phi) is 4.13. The lowest BCUT2D eigenvalue weighted by Gasteiger charge is -2.34. The molecule has 0 radical (unpaired) electrons. The number of piperidine rings is 1. The van der Waals surface area contributed by atoms with Crippen LogP contribution in [0.15, 0.2) is 0 Å². The molecule has 0 aromatic heterocycles. The third-order valence-corrected chi connectivity index (χ3v) is 3.35. The fraction of sp³-hybridized carbons (Fsp3) is 1.00. The van der Waals surface area contributed by atoms with E-state index < -0.39 is 0 Å². The average Bonchev–Trinajstić information content (AvgIpc) is 2.58. The molecule has 2 aliphatic rings. The topological polar surface area (TPSA) is 6.48 Å². The molecule has 0 unspecified atom stereocenters. The highest BCUT2D eigenvalue weighted by atomic mass is 19.0. The van der Waals surface area contributed by atoms with Crippen LogP contribution in [0.2, 0.25) is 0 Å². The van der Waals surface area contributed by atoms with Crippen LogP contribution in [0.25, 0.3) is 0 Å². The van der Waals surface area contributed by atoms with Crippen molar-refractivity contribution in [2.75, 3.05) is 33.2 Å². The fourth-order valence-electron chi connectivity index (χ4n) is 2.47. The van der Waals surface area contributed by atoms with Gasteiger partial charge < -0.3 is 9.80 Å². The largest absolute Gasteiger partial charge is 0.306 e. The summed E-state index contributed by atoms with van der Waals surface area (Å²) in [4.78, 5) is 5.15. The van der Waals surface area contributed by atoms with Gasteiger partial charge in [0.1, 0.15) is 0 Å². The molecule has 0 spiro atoms. The Morgan fingerprint density at radius 3 is 2.00 bits per heavy atom. The second-order valence-electron chi connectivity index (χ2n) is 4.28. The summed E-state index contributed by atoms with van der Waals surface area (Å²) in [5.74, 6) is 0. The van der Waals surface area contributed by atoms with Crippen molar-refractivity contribution in [2.45, 2.75) is 31.7 Å². The zero-order chi connectivity index (χ0) is 8.39. The summed E-state index contributed by atoms with van der Waals surface area (Å²) in [5, 5.41) is 0. The van der Waals surface area contributed by atoms with Crippen molar-refractivity contribution in [3.8, 4) is 0 Å². The van der Waals surface area contributed by atoms with Crippen LogP contribution < -0.4 is 0 Å². The third-order valence-electron chi connectivity index (χ3n) is 3.35. The van der Waals surface area contributed by atoms with Crippen LogP contribution in [0.1, 0.15) is 25.7 Å². The molecule has 2 rings (SSSR count). The Labute approximate surface area is 80.3 Å². The lowest BCUT2D eigenvalue weighted by molar-refractivity contribution is 0.143. The molecule has 0 aromatic carbocycles. The first-order valence-corrected chi connectivity index (χ1v) is 5.29. The second-order valence-corrected chi connectivity index (χ2v) is 4.28.